The Hall–Kier alpha value is -0.770. The Morgan fingerprint density at radius 3 is 2.42 bits per heavy atom. The molecule has 1 N–H and O–H groups in total. The van der Waals surface area contributed by atoms with Crippen LogP contribution in [0.25, 0.3) is 0 Å². The van der Waals surface area contributed by atoms with E-state index in [1.54, 1.807) is 39.0 Å². The maximum absolute atomic E-state index is 12.0. The van der Waals surface area contributed by atoms with Gasteiger partial charge in [0.1, 0.15) is 5.60 Å². The van der Waals surface area contributed by atoms with Crippen molar-refractivity contribution in [2.45, 2.75) is 33.3 Å². The van der Waals surface area contributed by atoms with E-state index in [4.69, 9.17) is 27.9 Å². The minimum Gasteiger partial charge on any atom is -0.465 e. The van der Waals surface area contributed by atoms with Gasteiger partial charge in [0, 0.05) is 15.6 Å². The molecule has 19 heavy (non-hydrogen) atoms. The van der Waals surface area contributed by atoms with Gasteiger partial charge in [-0.2, -0.15) is 0 Å². The number of ether oxygens (including phenoxy) is 1. The Labute approximate surface area is 123 Å². The first-order valence-corrected chi connectivity index (χ1v) is 6.75. The lowest BCUT2D eigenvalue weighted by Gasteiger charge is -2.38. The maximum atomic E-state index is 12.0. The molecule has 0 saturated carbocycles. The third-order valence-electron chi connectivity index (χ3n) is 3.46. The summed E-state index contributed by atoms with van der Waals surface area (Å²) in [5, 5.41) is 11.6. The van der Waals surface area contributed by atoms with Crippen LogP contribution in [-0.2, 0) is 15.1 Å². The van der Waals surface area contributed by atoms with Crippen molar-refractivity contribution in [2.75, 3.05) is 6.61 Å². The van der Waals surface area contributed by atoms with Gasteiger partial charge in [-0.1, -0.05) is 23.2 Å². The van der Waals surface area contributed by atoms with Crippen LogP contribution in [0.15, 0.2) is 18.2 Å². The second-order valence-electron chi connectivity index (χ2n) is 5.04. The molecule has 1 unspecified atom stereocenters. The van der Waals surface area contributed by atoms with E-state index < -0.39 is 17.0 Å². The Morgan fingerprint density at radius 1 is 1.32 bits per heavy atom. The summed E-state index contributed by atoms with van der Waals surface area (Å²) >= 11 is 12.0. The zero-order chi connectivity index (χ0) is 14.8. The second-order valence-corrected chi connectivity index (χ2v) is 5.89. The van der Waals surface area contributed by atoms with Crippen LogP contribution in [0.2, 0.25) is 10.0 Å². The highest BCUT2D eigenvalue weighted by atomic mass is 35.5. The SMILES string of the molecule is CCOC(=O)C(C)(C)C(C)(O)c1cc(Cl)ccc1Cl. The van der Waals surface area contributed by atoms with Gasteiger partial charge in [-0.15, -0.1) is 0 Å². The number of esters is 1. The molecule has 0 aliphatic carbocycles. The summed E-state index contributed by atoms with van der Waals surface area (Å²) in [4.78, 5) is 12.0. The predicted molar refractivity (Wildman–Crippen MR) is 76.4 cm³/mol. The van der Waals surface area contributed by atoms with Gasteiger partial charge in [-0.3, -0.25) is 4.79 Å². The molecule has 0 amide bonds. The van der Waals surface area contributed by atoms with Gasteiger partial charge >= 0.3 is 5.97 Å². The summed E-state index contributed by atoms with van der Waals surface area (Å²) in [6, 6.07) is 4.78. The topological polar surface area (TPSA) is 46.5 Å². The summed E-state index contributed by atoms with van der Waals surface area (Å²) in [6.07, 6.45) is 0. The summed E-state index contributed by atoms with van der Waals surface area (Å²) in [5.41, 5.74) is -2.25. The highest BCUT2D eigenvalue weighted by Crippen LogP contribution is 2.43. The maximum Gasteiger partial charge on any atom is 0.314 e. The Kier molecular flexibility index (Phi) is 4.88. The lowest BCUT2D eigenvalue weighted by molar-refractivity contribution is -0.170. The molecule has 3 nitrogen and oxygen atoms in total. The molecule has 0 fully saturated rings. The van der Waals surface area contributed by atoms with Crippen LogP contribution in [0.4, 0.5) is 0 Å². The first-order valence-electron chi connectivity index (χ1n) is 5.99. The zero-order valence-corrected chi connectivity index (χ0v) is 13.0. The summed E-state index contributed by atoms with van der Waals surface area (Å²) in [7, 11) is 0. The molecular formula is C14H18Cl2O3. The fraction of sp³-hybridized carbons (Fsp3) is 0.500. The van der Waals surface area contributed by atoms with Crippen molar-refractivity contribution in [1.82, 2.24) is 0 Å². The molecule has 1 aromatic rings. The molecule has 1 aromatic carbocycles. The van der Waals surface area contributed by atoms with Gasteiger partial charge in [-0.05, 0) is 45.9 Å². The first-order chi connectivity index (χ1) is 8.64. The quantitative estimate of drug-likeness (QED) is 0.861. The molecule has 5 heteroatoms. The van der Waals surface area contributed by atoms with Crippen LogP contribution >= 0.6 is 23.2 Å². The predicted octanol–water partition coefficient (Wildman–Crippen LogP) is 3.79. The minimum absolute atomic E-state index is 0.252. The molecule has 0 heterocycles. The number of carbonyl (C=O) groups is 1. The second kappa shape index (κ2) is 5.70. The van der Waals surface area contributed by atoms with Crippen molar-refractivity contribution in [3.05, 3.63) is 33.8 Å². The van der Waals surface area contributed by atoms with Gasteiger partial charge in [-0.25, -0.2) is 0 Å². The van der Waals surface area contributed by atoms with E-state index >= 15 is 0 Å². The molecule has 106 valence electrons. The normalized spacial score (nSPS) is 14.9. The van der Waals surface area contributed by atoms with E-state index in [1.165, 1.54) is 6.92 Å². The highest BCUT2D eigenvalue weighted by Gasteiger charge is 2.48. The van der Waals surface area contributed by atoms with Gasteiger partial charge in [0.2, 0.25) is 0 Å². The average Bonchev–Trinajstić information content (AvgIpc) is 2.32. The lowest BCUT2D eigenvalue weighted by Crippen LogP contribution is -2.46. The van der Waals surface area contributed by atoms with E-state index in [0.29, 0.717) is 15.6 Å². The molecule has 0 aromatic heterocycles. The molecule has 0 saturated heterocycles. The fourth-order valence-corrected chi connectivity index (χ4v) is 2.19. The molecule has 1 rings (SSSR count). The van der Waals surface area contributed by atoms with E-state index in [9.17, 15) is 9.90 Å². The number of carbonyl (C=O) groups excluding carboxylic acids is 1. The number of aliphatic hydroxyl groups is 1. The summed E-state index contributed by atoms with van der Waals surface area (Å²) in [6.45, 7) is 6.72. The van der Waals surface area contributed by atoms with Gasteiger partial charge in [0.05, 0.1) is 12.0 Å². The largest absolute Gasteiger partial charge is 0.465 e. The van der Waals surface area contributed by atoms with Gasteiger partial charge < -0.3 is 9.84 Å². The fourth-order valence-electron chi connectivity index (χ4n) is 1.72. The molecular weight excluding hydrogens is 287 g/mol. The van der Waals surface area contributed by atoms with Crippen LogP contribution in [0.3, 0.4) is 0 Å². The molecule has 0 aliphatic rings. The summed E-state index contributed by atoms with van der Waals surface area (Å²) in [5.74, 6) is -0.490. The zero-order valence-electron chi connectivity index (χ0n) is 11.5. The van der Waals surface area contributed by atoms with Crippen LogP contribution in [0, 0.1) is 5.41 Å². The Morgan fingerprint density at radius 2 is 1.89 bits per heavy atom. The Balaban J connectivity index is 3.29. The van der Waals surface area contributed by atoms with Crippen molar-refractivity contribution in [2.24, 2.45) is 5.41 Å². The van der Waals surface area contributed by atoms with Crippen LogP contribution in [-0.4, -0.2) is 17.7 Å². The van der Waals surface area contributed by atoms with Crippen molar-refractivity contribution >= 4 is 29.2 Å². The van der Waals surface area contributed by atoms with Crippen molar-refractivity contribution in [3.63, 3.8) is 0 Å². The molecule has 1 atom stereocenters. The highest BCUT2D eigenvalue weighted by molar-refractivity contribution is 6.33. The smallest absolute Gasteiger partial charge is 0.314 e. The molecule has 0 aliphatic heterocycles. The monoisotopic (exact) mass is 304 g/mol. The number of hydrogen-bond acceptors (Lipinski definition) is 3. The van der Waals surface area contributed by atoms with Crippen molar-refractivity contribution in [3.8, 4) is 0 Å². The standard InChI is InChI=1S/C14H18Cl2O3/c1-5-19-12(17)13(2,3)14(4,18)10-8-9(15)6-7-11(10)16/h6-8,18H,5H2,1-4H3. The van der Waals surface area contributed by atoms with E-state index in [1.807, 2.05) is 0 Å². The third kappa shape index (κ3) is 3.04. The van der Waals surface area contributed by atoms with E-state index in [0.717, 1.165) is 0 Å². The third-order valence-corrected chi connectivity index (χ3v) is 4.02. The minimum atomic E-state index is -1.50. The lowest BCUT2D eigenvalue weighted by atomic mass is 9.72. The van der Waals surface area contributed by atoms with Crippen LogP contribution < -0.4 is 0 Å². The van der Waals surface area contributed by atoms with Crippen LogP contribution in [0.1, 0.15) is 33.3 Å². The number of benzene rings is 1. The number of rotatable bonds is 4. The first kappa shape index (κ1) is 16.3. The average molecular weight is 305 g/mol. The van der Waals surface area contributed by atoms with E-state index in [2.05, 4.69) is 0 Å². The number of hydrogen-bond donors (Lipinski definition) is 1. The van der Waals surface area contributed by atoms with Crippen molar-refractivity contribution < 1.29 is 14.6 Å². The summed E-state index contributed by atoms with van der Waals surface area (Å²) < 4.78 is 5.01. The van der Waals surface area contributed by atoms with Gasteiger partial charge in [0.25, 0.3) is 0 Å². The van der Waals surface area contributed by atoms with Gasteiger partial charge in [0.15, 0.2) is 0 Å². The Bertz CT molecular complexity index is 482. The van der Waals surface area contributed by atoms with Crippen molar-refractivity contribution in [1.29, 1.82) is 0 Å². The molecule has 0 spiro atoms. The molecule has 0 bridgehead atoms. The van der Waals surface area contributed by atoms with Crippen LogP contribution in [0.5, 0.6) is 0 Å². The number of halogens is 2. The van der Waals surface area contributed by atoms with E-state index in [-0.39, 0.29) is 6.61 Å². The molecule has 0 radical (unpaired) electrons.